The molecule has 2 aliphatic rings. The van der Waals surface area contributed by atoms with Crippen molar-refractivity contribution in [2.75, 3.05) is 33.2 Å². The molecule has 0 bridgehead atoms. The molecule has 2 heterocycles. The van der Waals surface area contributed by atoms with Gasteiger partial charge in [0.2, 0.25) is 0 Å². The lowest BCUT2D eigenvalue weighted by Crippen LogP contribution is -2.39. The summed E-state index contributed by atoms with van der Waals surface area (Å²) in [7, 11) is 2.15. The largest absolute Gasteiger partial charge is 0.344 e. The van der Waals surface area contributed by atoms with Crippen molar-refractivity contribution >= 4 is 5.96 Å². The van der Waals surface area contributed by atoms with Crippen LogP contribution in [-0.2, 0) is 0 Å². The zero-order valence-corrected chi connectivity index (χ0v) is 9.58. The SMILES string of the molecule is CCC1(C)CCN(C2=NCCN2C)C1. The van der Waals surface area contributed by atoms with Crippen LogP contribution < -0.4 is 0 Å². The fourth-order valence-electron chi connectivity index (χ4n) is 2.35. The van der Waals surface area contributed by atoms with Crippen LogP contribution in [0, 0.1) is 5.41 Å². The number of guanidine groups is 1. The lowest BCUT2D eigenvalue weighted by molar-refractivity contribution is 0.314. The van der Waals surface area contributed by atoms with Gasteiger partial charge in [-0.2, -0.15) is 0 Å². The van der Waals surface area contributed by atoms with E-state index in [9.17, 15) is 0 Å². The maximum atomic E-state index is 4.57. The maximum absolute atomic E-state index is 4.57. The van der Waals surface area contributed by atoms with Gasteiger partial charge in [-0.1, -0.05) is 13.8 Å². The minimum atomic E-state index is 0.520. The fraction of sp³-hybridized carbons (Fsp3) is 0.909. The van der Waals surface area contributed by atoms with E-state index in [0.717, 1.165) is 13.1 Å². The molecule has 0 aliphatic carbocycles. The molecule has 0 spiro atoms. The van der Waals surface area contributed by atoms with Crippen LogP contribution in [0.4, 0.5) is 0 Å². The number of aliphatic imine (C=N–C) groups is 1. The Labute approximate surface area is 86.8 Å². The van der Waals surface area contributed by atoms with Crippen molar-refractivity contribution in [1.29, 1.82) is 0 Å². The predicted octanol–water partition coefficient (Wildman–Crippen LogP) is 1.41. The molecular formula is C11H21N3. The van der Waals surface area contributed by atoms with Gasteiger partial charge in [0.1, 0.15) is 0 Å². The summed E-state index contributed by atoms with van der Waals surface area (Å²) in [6.07, 6.45) is 2.59. The molecule has 2 rings (SSSR count). The second kappa shape index (κ2) is 3.44. The van der Waals surface area contributed by atoms with Crippen LogP contribution >= 0.6 is 0 Å². The van der Waals surface area contributed by atoms with E-state index in [2.05, 4.69) is 35.7 Å². The first-order chi connectivity index (χ1) is 6.64. The van der Waals surface area contributed by atoms with E-state index in [-0.39, 0.29) is 0 Å². The molecule has 1 fully saturated rings. The van der Waals surface area contributed by atoms with E-state index in [1.165, 1.54) is 31.9 Å². The minimum Gasteiger partial charge on any atom is -0.344 e. The average molecular weight is 195 g/mol. The van der Waals surface area contributed by atoms with Crippen LogP contribution in [0.25, 0.3) is 0 Å². The highest BCUT2D eigenvalue weighted by atomic mass is 15.4. The van der Waals surface area contributed by atoms with Crippen LogP contribution in [0.15, 0.2) is 4.99 Å². The van der Waals surface area contributed by atoms with Gasteiger partial charge < -0.3 is 9.80 Å². The van der Waals surface area contributed by atoms with Gasteiger partial charge in [-0.05, 0) is 18.3 Å². The predicted molar refractivity (Wildman–Crippen MR) is 59.5 cm³/mol. The van der Waals surface area contributed by atoms with Crippen molar-refractivity contribution in [3.05, 3.63) is 0 Å². The molecule has 0 aromatic heterocycles. The van der Waals surface area contributed by atoms with Gasteiger partial charge in [0, 0.05) is 26.7 Å². The second-order valence-corrected chi connectivity index (χ2v) is 4.94. The van der Waals surface area contributed by atoms with Crippen LogP contribution in [0.1, 0.15) is 26.7 Å². The van der Waals surface area contributed by atoms with Gasteiger partial charge >= 0.3 is 0 Å². The summed E-state index contributed by atoms with van der Waals surface area (Å²) in [5.74, 6) is 1.22. The van der Waals surface area contributed by atoms with E-state index < -0.39 is 0 Å². The Hall–Kier alpha value is -0.730. The Morgan fingerprint density at radius 2 is 2.21 bits per heavy atom. The third kappa shape index (κ3) is 1.60. The topological polar surface area (TPSA) is 18.8 Å². The van der Waals surface area contributed by atoms with E-state index in [1.54, 1.807) is 0 Å². The zero-order valence-electron chi connectivity index (χ0n) is 9.58. The summed E-state index contributed by atoms with van der Waals surface area (Å²) in [4.78, 5) is 9.30. The van der Waals surface area contributed by atoms with Crippen molar-refractivity contribution < 1.29 is 0 Å². The molecule has 1 atom stereocenters. The fourth-order valence-corrected chi connectivity index (χ4v) is 2.35. The number of rotatable bonds is 1. The number of likely N-dealkylation sites (tertiary alicyclic amines) is 1. The van der Waals surface area contributed by atoms with Crippen molar-refractivity contribution in [2.24, 2.45) is 10.4 Å². The molecule has 0 amide bonds. The average Bonchev–Trinajstić information content (AvgIpc) is 2.73. The zero-order chi connectivity index (χ0) is 10.2. The molecule has 1 unspecified atom stereocenters. The molecule has 2 aliphatic heterocycles. The first kappa shape index (κ1) is 9.81. The highest BCUT2D eigenvalue weighted by Gasteiger charge is 2.35. The van der Waals surface area contributed by atoms with Crippen LogP contribution in [0.2, 0.25) is 0 Å². The third-order valence-electron chi connectivity index (χ3n) is 3.72. The Morgan fingerprint density at radius 3 is 2.71 bits per heavy atom. The number of hydrogen-bond acceptors (Lipinski definition) is 3. The summed E-state index contributed by atoms with van der Waals surface area (Å²) in [5.41, 5.74) is 0.520. The Morgan fingerprint density at radius 1 is 1.43 bits per heavy atom. The summed E-state index contributed by atoms with van der Waals surface area (Å²) in [5, 5.41) is 0. The van der Waals surface area contributed by atoms with Crippen molar-refractivity contribution in [1.82, 2.24) is 9.80 Å². The molecule has 0 saturated carbocycles. The van der Waals surface area contributed by atoms with E-state index in [1.807, 2.05) is 0 Å². The van der Waals surface area contributed by atoms with Crippen LogP contribution in [0.5, 0.6) is 0 Å². The number of nitrogens with zero attached hydrogens (tertiary/aromatic N) is 3. The Bertz CT molecular complexity index is 249. The van der Waals surface area contributed by atoms with Gasteiger partial charge in [0.25, 0.3) is 0 Å². The third-order valence-corrected chi connectivity index (χ3v) is 3.72. The molecule has 1 saturated heterocycles. The maximum Gasteiger partial charge on any atom is 0.196 e. The Kier molecular flexibility index (Phi) is 2.41. The molecule has 0 radical (unpaired) electrons. The van der Waals surface area contributed by atoms with Gasteiger partial charge in [-0.3, -0.25) is 4.99 Å². The monoisotopic (exact) mass is 195 g/mol. The van der Waals surface area contributed by atoms with Gasteiger partial charge in [-0.15, -0.1) is 0 Å². The minimum absolute atomic E-state index is 0.520. The summed E-state index contributed by atoms with van der Waals surface area (Å²) in [6, 6.07) is 0. The summed E-state index contributed by atoms with van der Waals surface area (Å²) in [6.45, 7) is 9.13. The molecule has 80 valence electrons. The number of likely N-dealkylation sites (N-methyl/N-ethyl adjacent to an activating group) is 1. The normalized spacial score (nSPS) is 32.6. The molecular weight excluding hydrogens is 174 g/mol. The van der Waals surface area contributed by atoms with Crippen molar-refractivity contribution in [3.8, 4) is 0 Å². The first-order valence-corrected chi connectivity index (χ1v) is 5.65. The first-order valence-electron chi connectivity index (χ1n) is 5.65. The molecule has 0 N–H and O–H groups in total. The highest BCUT2D eigenvalue weighted by Crippen LogP contribution is 2.33. The van der Waals surface area contributed by atoms with E-state index >= 15 is 0 Å². The molecule has 3 nitrogen and oxygen atoms in total. The van der Waals surface area contributed by atoms with Crippen LogP contribution in [-0.4, -0.2) is 49.0 Å². The lowest BCUT2D eigenvalue weighted by Gasteiger charge is -2.27. The van der Waals surface area contributed by atoms with E-state index in [4.69, 9.17) is 0 Å². The summed E-state index contributed by atoms with van der Waals surface area (Å²) >= 11 is 0. The van der Waals surface area contributed by atoms with Gasteiger partial charge in [0.15, 0.2) is 5.96 Å². The quantitative estimate of drug-likeness (QED) is 0.630. The molecule has 0 aromatic rings. The van der Waals surface area contributed by atoms with Crippen LogP contribution in [0.3, 0.4) is 0 Å². The molecule has 0 aromatic carbocycles. The highest BCUT2D eigenvalue weighted by molar-refractivity contribution is 5.81. The second-order valence-electron chi connectivity index (χ2n) is 4.94. The van der Waals surface area contributed by atoms with Gasteiger partial charge in [-0.25, -0.2) is 0 Å². The Balaban J connectivity index is 2.02. The smallest absolute Gasteiger partial charge is 0.196 e. The standard InChI is InChI=1S/C11H21N3/c1-4-11(2)5-7-14(9-11)10-12-6-8-13(10)3/h4-9H2,1-3H3. The van der Waals surface area contributed by atoms with Gasteiger partial charge in [0.05, 0.1) is 6.54 Å². The lowest BCUT2D eigenvalue weighted by atomic mass is 9.87. The van der Waals surface area contributed by atoms with Crippen molar-refractivity contribution in [3.63, 3.8) is 0 Å². The molecule has 14 heavy (non-hydrogen) atoms. The molecule has 3 heteroatoms. The summed E-state index contributed by atoms with van der Waals surface area (Å²) < 4.78 is 0. The van der Waals surface area contributed by atoms with Crippen molar-refractivity contribution in [2.45, 2.75) is 26.7 Å². The van der Waals surface area contributed by atoms with E-state index in [0.29, 0.717) is 5.41 Å². The number of hydrogen-bond donors (Lipinski definition) is 0.